The van der Waals surface area contributed by atoms with Gasteiger partial charge in [-0.25, -0.2) is 8.78 Å². The zero-order valence-electron chi connectivity index (χ0n) is 12.5. The summed E-state index contributed by atoms with van der Waals surface area (Å²) < 4.78 is 31.3. The van der Waals surface area contributed by atoms with Crippen LogP contribution in [0.25, 0.3) is 0 Å². The van der Waals surface area contributed by atoms with Crippen LogP contribution in [0, 0.1) is 5.92 Å². The quantitative estimate of drug-likeness (QED) is 0.462. The predicted octanol–water partition coefficient (Wildman–Crippen LogP) is 4.52. The van der Waals surface area contributed by atoms with Gasteiger partial charge in [0.1, 0.15) is 5.25 Å². The molecule has 0 N–H and O–H groups in total. The van der Waals surface area contributed by atoms with E-state index in [2.05, 4.69) is 0 Å². The van der Waals surface area contributed by atoms with Crippen LogP contribution >= 0.6 is 11.8 Å². The van der Waals surface area contributed by atoms with Crippen molar-refractivity contribution in [1.29, 1.82) is 0 Å². The summed E-state index contributed by atoms with van der Waals surface area (Å²) in [5.74, 6) is -2.11. The first kappa shape index (κ1) is 18.7. The number of rotatable bonds is 9. The van der Waals surface area contributed by atoms with E-state index in [1.54, 1.807) is 0 Å². The highest BCUT2D eigenvalue weighted by atomic mass is 32.2. The number of hydrogen-bond acceptors (Lipinski definition) is 3. The maximum atomic E-state index is 13.1. The van der Waals surface area contributed by atoms with Crippen molar-refractivity contribution in [3.05, 3.63) is 0 Å². The third-order valence-corrected chi connectivity index (χ3v) is 4.31. The summed E-state index contributed by atoms with van der Waals surface area (Å²) >= 11 is 1.42. The average Bonchev–Trinajstić information content (AvgIpc) is 2.27. The smallest absolute Gasteiger partial charge is 0.319 e. The van der Waals surface area contributed by atoms with E-state index in [1.807, 2.05) is 27.7 Å². The van der Waals surface area contributed by atoms with Crippen LogP contribution in [0.1, 0.15) is 53.9 Å². The minimum atomic E-state index is -2.58. The second-order valence-electron chi connectivity index (χ2n) is 5.33. The van der Waals surface area contributed by atoms with Crippen LogP contribution in [0.15, 0.2) is 0 Å². The molecule has 0 radical (unpaired) electrons. The normalized spacial score (nSPS) is 13.9. The Bertz CT molecular complexity index is 268. The van der Waals surface area contributed by atoms with Crippen molar-refractivity contribution >= 4 is 17.7 Å². The van der Waals surface area contributed by atoms with Gasteiger partial charge in [0.2, 0.25) is 5.92 Å². The van der Waals surface area contributed by atoms with Crippen LogP contribution in [0.3, 0.4) is 0 Å². The summed E-state index contributed by atoms with van der Waals surface area (Å²) in [6, 6.07) is 0. The Labute approximate surface area is 119 Å². The monoisotopic (exact) mass is 296 g/mol. The van der Waals surface area contributed by atoms with Gasteiger partial charge in [-0.1, -0.05) is 20.8 Å². The fourth-order valence-corrected chi connectivity index (χ4v) is 2.69. The molecule has 1 unspecified atom stereocenters. The first-order valence-corrected chi connectivity index (χ1v) is 7.94. The van der Waals surface area contributed by atoms with E-state index in [0.717, 1.165) is 0 Å². The Morgan fingerprint density at radius 3 is 2.26 bits per heavy atom. The molecule has 0 aromatic rings. The van der Waals surface area contributed by atoms with Crippen LogP contribution < -0.4 is 0 Å². The zero-order valence-corrected chi connectivity index (χ0v) is 13.4. The summed E-state index contributed by atoms with van der Waals surface area (Å²) in [5.41, 5.74) is 0. The van der Waals surface area contributed by atoms with E-state index in [9.17, 15) is 13.6 Å². The molecule has 2 nitrogen and oxygen atoms in total. The molecule has 114 valence electrons. The SMILES string of the molecule is CCC(F)(F)CCCSC(C(=O)OC(C)C)C(C)C. The molecule has 19 heavy (non-hydrogen) atoms. The predicted molar refractivity (Wildman–Crippen MR) is 76.8 cm³/mol. The first-order chi connectivity index (χ1) is 8.69. The third kappa shape index (κ3) is 8.45. The van der Waals surface area contributed by atoms with Gasteiger partial charge < -0.3 is 4.74 Å². The van der Waals surface area contributed by atoms with Crippen molar-refractivity contribution in [2.24, 2.45) is 5.92 Å². The highest BCUT2D eigenvalue weighted by molar-refractivity contribution is 8.00. The van der Waals surface area contributed by atoms with Crippen LogP contribution in [0.2, 0.25) is 0 Å². The molecule has 0 aliphatic carbocycles. The van der Waals surface area contributed by atoms with Crippen molar-refractivity contribution in [3.8, 4) is 0 Å². The van der Waals surface area contributed by atoms with Gasteiger partial charge in [0.15, 0.2) is 0 Å². The molecule has 0 saturated heterocycles. The van der Waals surface area contributed by atoms with E-state index in [1.165, 1.54) is 18.7 Å². The molecule has 0 amide bonds. The standard InChI is InChI=1S/C14H26F2O2S/c1-6-14(15,16)8-7-9-19-12(10(2)3)13(17)18-11(4)5/h10-12H,6-9H2,1-5H3. The van der Waals surface area contributed by atoms with Crippen molar-refractivity contribution in [2.75, 3.05) is 5.75 Å². The first-order valence-electron chi connectivity index (χ1n) is 6.89. The summed E-state index contributed by atoms with van der Waals surface area (Å²) in [5, 5.41) is -0.266. The fourth-order valence-electron chi connectivity index (χ4n) is 1.55. The number of thioether (sulfide) groups is 1. The number of carbonyl (C=O) groups excluding carboxylic acids is 1. The number of hydrogen-bond donors (Lipinski definition) is 0. The van der Waals surface area contributed by atoms with Gasteiger partial charge in [-0.15, -0.1) is 11.8 Å². The number of alkyl halides is 2. The van der Waals surface area contributed by atoms with E-state index in [4.69, 9.17) is 4.74 Å². The van der Waals surface area contributed by atoms with Gasteiger partial charge >= 0.3 is 5.97 Å². The van der Waals surface area contributed by atoms with Crippen LogP contribution in [-0.4, -0.2) is 29.0 Å². The van der Waals surface area contributed by atoms with Crippen molar-refractivity contribution in [2.45, 2.75) is 71.2 Å². The maximum absolute atomic E-state index is 13.1. The summed E-state index contributed by atoms with van der Waals surface area (Å²) in [6.07, 6.45) is 0.0454. The Balaban J connectivity index is 4.13. The van der Waals surface area contributed by atoms with Gasteiger partial charge in [-0.05, 0) is 31.9 Å². The van der Waals surface area contributed by atoms with Crippen LogP contribution in [0.4, 0.5) is 8.78 Å². The molecule has 0 saturated carbocycles. The molecule has 0 aromatic carbocycles. The Morgan fingerprint density at radius 2 is 1.84 bits per heavy atom. The molecular weight excluding hydrogens is 270 g/mol. The third-order valence-electron chi connectivity index (χ3n) is 2.69. The maximum Gasteiger partial charge on any atom is 0.319 e. The lowest BCUT2D eigenvalue weighted by Crippen LogP contribution is -2.28. The van der Waals surface area contributed by atoms with Crippen molar-refractivity contribution in [1.82, 2.24) is 0 Å². The molecule has 0 spiro atoms. The lowest BCUT2D eigenvalue weighted by Gasteiger charge is -2.21. The van der Waals surface area contributed by atoms with Crippen molar-refractivity contribution in [3.63, 3.8) is 0 Å². The van der Waals surface area contributed by atoms with E-state index in [0.29, 0.717) is 12.2 Å². The van der Waals surface area contributed by atoms with E-state index < -0.39 is 5.92 Å². The topological polar surface area (TPSA) is 26.3 Å². The summed E-state index contributed by atoms with van der Waals surface area (Å²) in [6.45, 7) is 8.99. The lowest BCUT2D eigenvalue weighted by molar-refractivity contribution is -0.147. The number of esters is 1. The van der Waals surface area contributed by atoms with Crippen LogP contribution in [-0.2, 0) is 9.53 Å². The minimum Gasteiger partial charge on any atom is -0.462 e. The Hall–Kier alpha value is -0.320. The molecule has 0 aromatic heterocycles. The fraction of sp³-hybridized carbons (Fsp3) is 0.929. The second-order valence-corrected chi connectivity index (χ2v) is 6.58. The highest BCUT2D eigenvalue weighted by Crippen LogP contribution is 2.27. The molecule has 5 heteroatoms. The minimum absolute atomic E-state index is 0.111. The molecular formula is C14H26F2O2S. The summed E-state index contributed by atoms with van der Waals surface area (Å²) in [7, 11) is 0. The van der Waals surface area contributed by atoms with Gasteiger partial charge in [-0.3, -0.25) is 4.79 Å². The molecule has 0 aliphatic heterocycles. The van der Waals surface area contributed by atoms with E-state index in [-0.39, 0.29) is 36.1 Å². The molecule has 0 aliphatic rings. The number of carbonyl (C=O) groups is 1. The van der Waals surface area contributed by atoms with Gasteiger partial charge in [0.05, 0.1) is 6.10 Å². The van der Waals surface area contributed by atoms with Crippen LogP contribution in [0.5, 0.6) is 0 Å². The summed E-state index contributed by atoms with van der Waals surface area (Å²) in [4.78, 5) is 11.9. The van der Waals surface area contributed by atoms with Gasteiger partial charge in [-0.2, -0.15) is 0 Å². The number of halogens is 2. The Kier molecular flexibility index (Phi) is 8.62. The number of ether oxygens (including phenoxy) is 1. The zero-order chi connectivity index (χ0) is 15.1. The Morgan fingerprint density at radius 1 is 1.26 bits per heavy atom. The molecule has 0 heterocycles. The lowest BCUT2D eigenvalue weighted by atomic mass is 10.1. The second kappa shape index (κ2) is 8.77. The molecule has 0 bridgehead atoms. The molecule has 1 atom stereocenters. The van der Waals surface area contributed by atoms with E-state index >= 15 is 0 Å². The van der Waals surface area contributed by atoms with Gasteiger partial charge in [0, 0.05) is 12.8 Å². The highest BCUT2D eigenvalue weighted by Gasteiger charge is 2.27. The van der Waals surface area contributed by atoms with Crippen molar-refractivity contribution < 1.29 is 18.3 Å². The average molecular weight is 296 g/mol. The van der Waals surface area contributed by atoms with Gasteiger partial charge in [0.25, 0.3) is 0 Å². The molecule has 0 fully saturated rings. The largest absolute Gasteiger partial charge is 0.462 e. The molecule has 0 rings (SSSR count).